The molecule has 1 aliphatic rings. The van der Waals surface area contributed by atoms with Crippen LogP contribution in [0.3, 0.4) is 0 Å². The number of fused-ring (bicyclic) bond motifs is 1. The molecule has 0 bridgehead atoms. The van der Waals surface area contributed by atoms with Crippen molar-refractivity contribution in [2.24, 2.45) is 0 Å². The van der Waals surface area contributed by atoms with Crippen molar-refractivity contribution in [2.45, 2.75) is 38.5 Å². The molecule has 2 nitrogen and oxygen atoms in total. The number of nitrogens with zero attached hydrogens (tertiary/aromatic N) is 2. The van der Waals surface area contributed by atoms with Gasteiger partial charge < -0.3 is 4.57 Å². The number of imidazole rings is 1. The van der Waals surface area contributed by atoms with Crippen LogP contribution < -0.4 is 0 Å². The minimum Gasteiger partial charge on any atom is -0.325 e. The summed E-state index contributed by atoms with van der Waals surface area (Å²) in [6.45, 7) is 6.70. The Balaban J connectivity index is 2.43. The summed E-state index contributed by atoms with van der Waals surface area (Å²) >= 11 is 1.98. The predicted molar refractivity (Wildman–Crippen MR) is 57.1 cm³/mol. The molecule has 2 rings (SSSR count). The van der Waals surface area contributed by atoms with E-state index in [9.17, 15) is 0 Å². The van der Waals surface area contributed by atoms with Gasteiger partial charge in [0.1, 0.15) is 0 Å². The monoisotopic (exact) mass is 196 g/mol. The van der Waals surface area contributed by atoms with Crippen LogP contribution >= 0.6 is 11.8 Å². The lowest BCUT2D eigenvalue weighted by Gasteiger charge is -2.21. The van der Waals surface area contributed by atoms with E-state index in [1.807, 2.05) is 18.1 Å². The highest BCUT2D eigenvalue weighted by Crippen LogP contribution is 2.28. The molecule has 72 valence electrons. The van der Waals surface area contributed by atoms with E-state index in [1.165, 1.54) is 23.6 Å². The first-order chi connectivity index (χ1) is 6.09. The molecule has 0 saturated carbocycles. The van der Waals surface area contributed by atoms with E-state index in [0.29, 0.717) is 0 Å². The van der Waals surface area contributed by atoms with Gasteiger partial charge in [-0.15, -0.1) is 11.8 Å². The predicted octanol–water partition coefficient (Wildman–Crippen LogP) is 2.43. The molecular weight excluding hydrogens is 180 g/mol. The zero-order valence-corrected chi connectivity index (χ0v) is 9.32. The van der Waals surface area contributed by atoms with Crippen LogP contribution in [0.15, 0.2) is 6.33 Å². The molecule has 1 aromatic rings. The Bertz CT molecular complexity index is 309. The molecule has 0 aromatic carbocycles. The lowest BCUT2D eigenvalue weighted by molar-refractivity contribution is 0.562. The van der Waals surface area contributed by atoms with Gasteiger partial charge in [0.15, 0.2) is 0 Å². The quantitative estimate of drug-likeness (QED) is 0.634. The topological polar surface area (TPSA) is 17.8 Å². The van der Waals surface area contributed by atoms with Crippen LogP contribution in [0.25, 0.3) is 0 Å². The molecule has 1 aliphatic heterocycles. The standard InChI is InChI=1S/C10H16N2S/c1-10(2,3)9-8-4-5-13-7-12(8)6-11-9/h6H,4-5,7H2,1-3H3. The van der Waals surface area contributed by atoms with Crippen molar-refractivity contribution in [2.75, 3.05) is 5.75 Å². The summed E-state index contributed by atoms with van der Waals surface area (Å²) in [5.41, 5.74) is 2.93. The highest BCUT2D eigenvalue weighted by molar-refractivity contribution is 7.98. The van der Waals surface area contributed by atoms with Crippen molar-refractivity contribution in [1.82, 2.24) is 9.55 Å². The fourth-order valence-corrected chi connectivity index (χ4v) is 2.63. The van der Waals surface area contributed by atoms with Gasteiger partial charge in [-0.1, -0.05) is 20.8 Å². The Kier molecular flexibility index (Phi) is 2.14. The van der Waals surface area contributed by atoms with Crippen molar-refractivity contribution in [3.05, 3.63) is 17.7 Å². The number of hydrogen-bond acceptors (Lipinski definition) is 2. The van der Waals surface area contributed by atoms with Gasteiger partial charge in [-0.3, -0.25) is 0 Å². The summed E-state index contributed by atoms with van der Waals surface area (Å²) in [5, 5.41) is 0. The minimum atomic E-state index is 0.197. The molecule has 0 fully saturated rings. The van der Waals surface area contributed by atoms with Crippen molar-refractivity contribution in [3.63, 3.8) is 0 Å². The SMILES string of the molecule is CC(C)(C)c1ncn2c1CCSC2. The summed E-state index contributed by atoms with van der Waals surface area (Å²) in [6, 6.07) is 0. The van der Waals surface area contributed by atoms with Crippen molar-refractivity contribution in [1.29, 1.82) is 0 Å². The number of aromatic nitrogens is 2. The van der Waals surface area contributed by atoms with Crippen LogP contribution in [0.5, 0.6) is 0 Å². The van der Waals surface area contributed by atoms with E-state index in [4.69, 9.17) is 0 Å². The molecule has 0 unspecified atom stereocenters. The number of hydrogen-bond donors (Lipinski definition) is 0. The molecule has 0 spiro atoms. The van der Waals surface area contributed by atoms with Gasteiger partial charge in [0.25, 0.3) is 0 Å². The minimum absolute atomic E-state index is 0.197. The third-order valence-electron chi connectivity index (χ3n) is 2.37. The summed E-state index contributed by atoms with van der Waals surface area (Å²) in [4.78, 5) is 4.52. The van der Waals surface area contributed by atoms with E-state index in [1.54, 1.807) is 0 Å². The summed E-state index contributed by atoms with van der Waals surface area (Å²) in [6.07, 6.45) is 3.17. The largest absolute Gasteiger partial charge is 0.325 e. The molecule has 0 amide bonds. The first-order valence-electron chi connectivity index (χ1n) is 4.71. The molecule has 0 saturated heterocycles. The Morgan fingerprint density at radius 2 is 2.23 bits per heavy atom. The van der Waals surface area contributed by atoms with Gasteiger partial charge in [0.2, 0.25) is 0 Å². The van der Waals surface area contributed by atoms with Gasteiger partial charge in [-0.2, -0.15) is 0 Å². The second kappa shape index (κ2) is 3.05. The number of thioether (sulfide) groups is 1. The second-order valence-electron chi connectivity index (χ2n) is 4.55. The van der Waals surface area contributed by atoms with Crippen molar-refractivity contribution < 1.29 is 0 Å². The van der Waals surface area contributed by atoms with E-state index >= 15 is 0 Å². The zero-order chi connectivity index (χ0) is 9.47. The first-order valence-corrected chi connectivity index (χ1v) is 5.87. The lowest BCUT2D eigenvalue weighted by Crippen LogP contribution is -2.18. The second-order valence-corrected chi connectivity index (χ2v) is 5.62. The molecule has 3 heteroatoms. The maximum Gasteiger partial charge on any atom is 0.0959 e. The average Bonchev–Trinajstić information content (AvgIpc) is 2.45. The maximum absolute atomic E-state index is 4.52. The summed E-state index contributed by atoms with van der Waals surface area (Å²) < 4.78 is 2.29. The van der Waals surface area contributed by atoms with Gasteiger partial charge in [-0.05, 0) is 6.42 Å². The molecule has 13 heavy (non-hydrogen) atoms. The van der Waals surface area contributed by atoms with Crippen LogP contribution in [-0.4, -0.2) is 15.3 Å². The zero-order valence-electron chi connectivity index (χ0n) is 8.50. The molecule has 1 aromatic heterocycles. The van der Waals surface area contributed by atoms with Crippen LogP contribution in [0.2, 0.25) is 0 Å². The van der Waals surface area contributed by atoms with E-state index in [0.717, 1.165) is 5.88 Å². The normalized spacial score (nSPS) is 17.2. The highest BCUT2D eigenvalue weighted by Gasteiger charge is 2.24. The van der Waals surface area contributed by atoms with Crippen LogP contribution in [0.4, 0.5) is 0 Å². The van der Waals surface area contributed by atoms with E-state index in [2.05, 4.69) is 30.3 Å². The van der Waals surface area contributed by atoms with E-state index < -0.39 is 0 Å². The fourth-order valence-electron chi connectivity index (χ4n) is 1.74. The fraction of sp³-hybridized carbons (Fsp3) is 0.700. The first kappa shape index (κ1) is 9.13. The summed E-state index contributed by atoms with van der Waals surface area (Å²) in [7, 11) is 0. The Morgan fingerprint density at radius 3 is 2.92 bits per heavy atom. The Hall–Kier alpha value is -0.440. The van der Waals surface area contributed by atoms with Gasteiger partial charge in [0, 0.05) is 16.9 Å². The van der Waals surface area contributed by atoms with E-state index in [-0.39, 0.29) is 5.41 Å². The smallest absolute Gasteiger partial charge is 0.0959 e. The third kappa shape index (κ3) is 1.62. The third-order valence-corrected chi connectivity index (χ3v) is 3.32. The highest BCUT2D eigenvalue weighted by atomic mass is 32.2. The van der Waals surface area contributed by atoms with Gasteiger partial charge >= 0.3 is 0 Å². The van der Waals surface area contributed by atoms with Crippen LogP contribution in [0.1, 0.15) is 32.2 Å². The average molecular weight is 196 g/mol. The Morgan fingerprint density at radius 1 is 1.46 bits per heavy atom. The van der Waals surface area contributed by atoms with Crippen LogP contribution in [-0.2, 0) is 17.7 Å². The number of rotatable bonds is 0. The molecule has 0 aliphatic carbocycles. The Labute approximate surface area is 83.7 Å². The molecule has 0 N–H and O–H groups in total. The molecule has 0 radical (unpaired) electrons. The van der Waals surface area contributed by atoms with Gasteiger partial charge in [0.05, 0.1) is 17.9 Å². The van der Waals surface area contributed by atoms with Crippen molar-refractivity contribution >= 4 is 11.8 Å². The maximum atomic E-state index is 4.52. The lowest BCUT2D eigenvalue weighted by atomic mass is 9.90. The van der Waals surface area contributed by atoms with Crippen LogP contribution in [0, 0.1) is 0 Å². The molecular formula is C10H16N2S. The van der Waals surface area contributed by atoms with Crippen molar-refractivity contribution in [3.8, 4) is 0 Å². The van der Waals surface area contributed by atoms with Gasteiger partial charge in [-0.25, -0.2) is 4.98 Å². The summed E-state index contributed by atoms with van der Waals surface area (Å²) in [5.74, 6) is 2.33. The molecule has 0 atom stereocenters. The molecule has 2 heterocycles.